The molecule has 0 radical (unpaired) electrons. The van der Waals surface area contributed by atoms with Crippen LogP contribution in [0.5, 0.6) is 5.75 Å². The molecule has 0 aliphatic heterocycles. The second kappa shape index (κ2) is 5.44. The maximum atomic E-state index is 13.3. The largest absolute Gasteiger partial charge is 0.494 e. The minimum atomic E-state index is -3.81. The first kappa shape index (κ1) is 13.9. The lowest BCUT2D eigenvalue weighted by Crippen LogP contribution is -2.30. The van der Waals surface area contributed by atoms with Crippen molar-refractivity contribution in [2.75, 3.05) is 13.7 Å². The molecule has 0 aromatic heterocycles. The molecule has 7 heteroatoms. The predicted octanol–water partition coefficient (Wildman–Crippen LogP) is 0.493. The molecular formula is C10H14FNO4S. The Bertz CT molecular complexity index is 487. The molecule has 0 aliphatic carbocycles. The van der Waals surface area contributed by atoms with Crippen molar-refractivity contribution in [3.05, 3.63) is 24.0 Å². The summed E-state index contributed by atoms with van der Waals surface area (Å²) in [5.41, 5.74) is 0. The molecule has 0 saturated heterocycles. The lowest BCUT2D eigenvalue weighted by Gasteiger charge is -2.09. The third kappa shape index (κ3) is 3.65. The number of ether oxygens (including phenoxy) is 1. The summed E-state index contributed by atoms with van der Waals surface area (Å²) in [5.74, 6) is -0.785. The fourth-order valence-corrected chi connectivity index (χ4v) is 2.26. The minimum absolute atomic E-state index is 0.0283. The smallest absolute Gasteiger partial charge is 0.240 e. The van der Waals surface area contributed by atoms with Crippen LogP contribution in [0.1, 0.15) is 6.92 Å². The van der Waals surface area contributed by atoms with Crippen molar-refractivity contribution in [3.63, 3.8) is 0 Å². The number of nitrogens with one attached hydrogen (secondary N) is 1. The van der Waals surface area contributed by atoms with Crippen LogP contribution in [0.25, 0.3) is 0 Å². The molecule has 1 rings (SSSR count). The number of aliphatic hydroxyl groups is 1. The van der Waals surface area contributed by atoms with Gasteiger partial charge in [-0.2, -0.15) is 0 Å². The summed E-state index contributed by atoms with van der Waals surface area (Å²) < 4.78 is 43.5. The Kier molecular flexibility index (Phi) is 4.44. The van der Waals surface area contributed by atoms with Crippen LogP contribution in [-0.4, -0.2) is 33.3 Å². The third-order valence-corrected chi connectivity index (χ3v) is 3.42. The Morgan fingerprint density at radius 2 is 2.18 bits per heavy atom. The van der Waals surface area contributed by atoms with E-state index in [2.05, 4.69) is 9.46 Å². The SMILES string of the molecule is COc1ccc(S(=O)(=O)NCC(C)O)cc1F. The highest BCUT2D eigenvalue weighted by molar-refractivity contribution is 7.89. The first-order valence-corrected chi connectivity index (χ1v) is 6.36. The number of methoxy groups -OCH3 is 1. The highest BCUT2D eigenvalue weighted by Gasteiger charge is 2.16. The first-order valence-electron chi connectivity index (χ1n) is 4.88. The molecule has 17 heavy (non-hydrogen) atoms. The fraction of sp³-hybridized carbons (Fsp3) is 0.400. The summed E-state index contributed by atoms with van der Waals surface area (Å²) in [6.07, 6.45) is -0.812. The van der Waals surface area contributed by atoms with E-state index in [0.717, 1.165) is 6.07 Å². The van der Waals surface area contributed by atoms with Crippen molar-refractivity contribution in [3.8, 4) is 5.75 Å². The molecule has 0 heterocycles. The highest BCUT2D eigenvalue weighted by Crippen LogP contribution is 2.20. The summed E-state index contributed by atoms with van der Waals surface area (Å²) in [5, 5.41) is 8.98. The predicted molar refractivity (Wildman–Crippen MR) is 59.8 cm³/mol. The van der Waals surface area contributed by atoms with Crippen LogP contribution in [-0.2, 0) is 10.0 Å². The summed E-state index contributed by atoms with van der Waals surface area (Å²) in [6, 6.07) is 3.32. The van der Waals surface area contributed by atoms with Gasteiger partial charge in [-0.1, -0.05) is 0 Å². The van der Waals surface area contributed by atoms with E-state index in [0.29, 0.717) is 0 Å². The Morgan fingerprint density at radius 1 is 1.53 bits per heavy atom. The van der Waals surface area contributed by atoms with E-state index in [-0.39, 0.29) is 17.2 Å². The molecular weight excluding hydrogens is 249 g/mol. The van der Waals surface area contributed by atoms with Gasteiger partial charge in [0.1, 0.15) is 0 Å². The number of sulfonamides is 1. The van der Waals surface area contributed by atoms with Gasteiger partial charge in [0.2, 0.25) is 10.0 Å². The minimum Gasteiger partial charge on any atom is -0.494 e. The maximum Gasteiger partial charge on any atom is 0.240 e. The van der Waals surface area contributed by atoms with Gasteiger partial charge in [0.25, 0.3) is 0 Å². The molecule has 1 aromatic carbocycles. The number of aliphatic hydroxyl groups excluding tert-OH is 1. The van der Waals surface area contributed by atoms with Crippen molar-refractivity contribution in [2.24, 2.45) is 0 Å². The van der Waals surface area contributed by atoms with Gasteiger partial charge in [-0.25, -0.2) is 17.5 Å². The standard InChI is InChI=1S/C10H14FNO4S/c1-7(13)6-12-17(14,15)8-3-4-10(16-2)9(11)5-8/h3-5,7,12-13H,6H2,1-2H3. The average molecular weight is 263 g/mol. The van der Waals surface area contributed by atoms with Gasteiger partial charge in [0.15, 0.2) is 11.6 Å². The van der Waals surface area contributed by atoms with Gasteiger partial charge < -0.3 is 9.84 Å². The Hall–Kier alpha value is -1.18. The summed E-state index contributed by atoms with van der Waals surface area (Å²) in [7, 11) is -2.52. The quantitative estimate of drug-likeness (QED) is 0.811. The maximum absolute atomic E-state index is 13.3. The van der Waals surface area contributed by atoms with Crippen LogP contribution < -0.4 is 9.46 Å². The first-order chi connectivity index (χ1) is 7.86. The molecule has 2 N–H and O–H groups in total. The molecule has 0 amide bonds. The Morgan fingerprint density at radius 3 is 2.65 bits per heavy atom. The lowest BCUT2D eigenvalue weighted by atomic mass is 10.3. The van der Waals surface area contributed by atoms with E-state index in [1.54, 1.807) is 0 Å². The molecule has 0 saturated carbocycles. The molecule has 5 nitrogen and oxygen atoms in total. The Labute approximate surface area is 99.3 Å². The van der Waals surface area contributed by atoms with Crippen molar-refractivity contribution in [1.82, 2.24) is 4.72 Å². The topological polar surface area (TPSA) is 75.6 Å². The third-order valence-electron chi connectivity index (χ3n) is 2.00. The van der Waals surface area contributed by atoms with E-state index < -0.39 is 21.9 Å². The van der Waals surface area contributed by atoms with Crippen molar-refractivity contribution in [2.45, 2.75) is 17.9 Å². The summed E-state index contributed by atoms with van der Waals surface area (Å²) in [4.78, 5) is -0.212. The molecule has 1 aromatic rings. The molecule has 0 aliphatic rings. The fourth-order valence-electron chi connectivity index (χ4n) is 1.13. The zero-order valence-corrected chi connectivity index (χ0v) is 10.3. The van der Waals surface area contributed by atoms with Crippen LogP contribution in [0.2, 0.25) is 0 Å². The van der Waals surface area contributed by atoms with Crippen LogP contribution in [0.4, 0.5) is 4.39 Å². The molecule has 0 fully saturated rings. The van der Waals surface area contributed by atoms with E-state index in [9.17, 15) is 12.8 Å². The van der Waals surface area contributed by atoms with Gasteiger partial charge in [0.05, 0.1) is 18.1 Å². The van der Waals surface area contributed by atoms with Crippen molar-refractivity contribution in [1.29, 1.82) is 0 Å². The lowest BCUT2D eigenvalue weighted by molar-refractivity contribution is 0.198. The van der Waals surface area contributed by atoms with Crippen LogP contribution in [0, 0.1) is 5.82 Å². The van der Waals surface area contributed by atoms with Crippen LogP contribution in [0.15, 0.2) is 23.1 Å². The molecule has 1 atom stereocenters. The van der Waals surface area contributed by atoms with Crippen molar-refractivity contribution >= 4 is 10.0 Å². The zero-order valence-electron chi connectivity index (χ0n) is 9.47. The monoisotopic (exact) mass is 263 g/mol. The average Bonchev–Trinajstić information content (AvgIpc) is 2.26. The van der Waals surface area contributed by atoms with Gasteiger partial charge in [-0.3, -0.25) is 0 Å². The highest BCUT2D eigenvalue weighted by atomic mass is 32.2. The van der Waals surface area contributed by atoms with Crippen LogP contribution in [0.3, 0.4) is 0 Å². The van der Waals surface area contributed by atoms with Crippen LogP contribution >= 0.6 is 0 Å². The van der Waals surface area contributed by atoms with E-state index in [1.807, 2.05) is 0 Å². The number of benzene rings is 1. The number of halogens is 1. The number of hydrogen-bond donors (Lipinski definition) is 2. The second-order valence-electron chi connectivity index (χ2n) is 3.50. The zero-order chi connectivity index (χ0) is 13.1. The molecule has 0 spiro atoms. The normalized spacial score (nSPS) is 13.4. The molecule has 96 valence electrons. The van der Waals surface area contributed by atoms with Gasteiger partial charge in [0, 0.05) is 6.54 Å². The molecule has 1 unspecified atom stereocenters. The summed E-state index contributed by atoms with van der Waals surface area (Å²) in [6.45, 7) is 1.31. The Balaban J connectivity index is 2.96. The van der Waals surface area contributed by atoms with E-state index in [1.165, 1.54) is 26.2 Å². The van der Waals surface area contributed by atoms with Crippen molar-refractivity contribution < 1.29 is 22.7 Å². The molecule has 0 bridgehead atoms. The van der Waals surface area contributed by atoms with Gasteiger partial charge >= 0.3 is 0 Å². The summed E-state index contributed by atoms with van der Waals surface area (Å²) >= 11 is 0. The van der Waals surface area contributed by atoms with Gasteiger partial charge in [-0.15, -0.1) is 0 Å². The van der Waals surface area contributed by atoms with Gasteiger partial charge in [-0.05, 0) is 25.1 Å². The van der Waals surface area contributed by atoms with E-state index in [4.69, 9.17) is 5.11 Å². The number of rotatable bonds is 5. The number of hydrogen-bond acceptors (Lipinski definition) is 4. The van der Waals surface area contributed by atoms with E-state index >= 15 is 0 Å². The second-order valence-corrected chi connectivity index (χ2v) is 5.26.